The van der Waals surface area contributed by atoms with Crippen molar-refractivity contribution in [3.63, 3.8) is 0 Å². The van der Waals surface area contributed by atoms with E-state index in [0.717, 1.165) is 18.8 Å². The van der Waals surface area contributed by atoms with Gasteiger partial charge in [-0.1, -0.05) is 18.2 Å². The largest absolute Gasteiger partial charge is 0.492 e. The maximum absolute atomic E-state index is 8.68. The number of hydrogen-bond donors (Lipinski definition) is 0. The Balaban J connectivity index is 2.19. The second-order valence-corrected chi connectivity index (χ2v) is 3.95. The fraction of sp³-hybridized carbons (Fsp3) is 0.462. The highest BCUT2D eigenvalue weighted by atomic mass is 16.5. The zero-order chi connectivity index (χ0) is 11.8. The molecule has 0 aliphatic heterocycles. The molecular formula is C13H18N2O. The lowest BCUT2D eigenvalue weighted by Gasteiger charge is -2.17. The van der Waals surface area contributed by atoms with E-state index >= 15 is 0 Å². The molecule has 0 heterocycles. The van der Waals surface area contributed by atoms with E-state index in [1.807, 2.05) is 44.3 Å². The van der Waals surface area contributed by atoms with Gasteiger partial charge in [-0.15, -0.1) is 0 Å². The maximum Gasteiger partial charge on any atom is 0.119 e. The molecule has 0 fully saturated rings. The van der Waals surface area contributed by atoms with E-state index in [0.29, 0.717) is 6.61 Å². The predicted molar refractivity (Wildman–Crippen MR) is 64.2 cm³/mol. The van der Waals surface area contributed by atoms with Crippen molar-refractivity contribution in [2.45, 2.75) is 6.92 Å². The molecular weight excluding hydrogens is 200 g/mol. The van der Waals surface area contributed by atoms with E-state index in [1.165, 1.54) is 0 Å². The van der Waals surface area contributed by atoms with Crippen LogP contribution in [0.25, 0.3) is 0 Å². The monoisotopic (exact) mass is 218 g/mol. The van der Waals surface area contributed by atoms with Crippen molar-refractivity contribution in [3.8, 4) is 11.8 Å². The highest BCUT2D eigenvalue weighted by molar-refractivity contribution is 5.20. The van der Waals surface area contributed by atoms with E-state index in [1.54, 1.807) is 0 Å². The van der Waals surface area contributed by atoms with Gasteiger partial charge >= 0.3 is 0 Å². The van der Waals surface area contributed by atoms with Crippen LogP contribution in [-0.2, 0) is 0 Å². The number of ether oxygens (including phenoxy) is 1. The van der Waals surface area contributed by atoms with Gasteiger partial charge in [-0.2, -0.15) is 5.26 Å². The molecule has 0 bridgehead atoms. The molecule has 1 unspecified atom stereocenters. The van der Waals surface area contributed by atoms with Crippen LogP contribution in [-0.4, -0.2) is 31.6 Å². The van der Waals surface area contributed by atoms with Crippen LogP contribution in [0, 0.1) is 17.2 Å². The maximum atomic E-state index is 8.68. The van der Waals surface area contributed by atoms with Crippen LogP contribution >= 0.6 is 0 Å². The van der Waals surface area contributed by atoms with Crippen LogP contribution in [0.2, 0.25) is 0 Å². The van der Waals surface area contributed by atoms with Gasteiger partial charge in [0.25, 0.3) is 0 Å². The van der Waals surface area contributed by atoms with Crippen LogP contribution in [0.1, 0.15) is 6.92 Å². The van der Waals surface area contributed by atoms with Crippen LogP contribution in [0.4, 0.5) is 0 Å². The third-order valence-electron chi connectivity index (χ3n) is 2.29. The van der Waals surface area contributed by atoms with Crippen LogP contribution in [0.15, 0.2) is 30.3 Å². The summed E-state index contributed by atoms with van der Waals surface area (Å²) >= 11 is 0. The standard InChI is InChI=1S/C13H18N2O/c1-12(10-14)11-15(2)8-9-16-13-6-4-3-5-7-13/h3-7,12H,8-9,11H2,1-2H3. The highest BCUT2D eigenvalue weighted by Gasteiger charge is 2.04. The fourth-order valence-corrected chi connectivity index (χ4v) is 1.44. The van der Waals surface area contributed by atoms with Gasteiger partial charge in [-0.25, -0.2) is 0 Å². The van der Waals surface area contributed by atoms with E-state index in [4.69, 9.17) is 10.00 Å². The van der Waals surface area contributed by atoms with E-state index in [-0.39, 0.29) is 5.92 Å². The van der Waals surface area contributed by atoms with Gasteiger partial charge in [0.05, 0.1) is 12.0 Å². The van der Waals surface area contributed by atoms with Crippen molar-refractivity contribution in [3.05, 3.63) is 30.3 Å². The number of rotatable bonds is 6. The lowest BCUT2D eigenvalue weighted by Crippen LogP contribution is -2.28. The first-order valence-corrected chi connectivity index (χ1v) is 5.48. The van der Waals surface area contributed by atoms with Crippen molar-refractivity contribution < 1.29 is 4.74 Å². The average molecular weight is 218 g/mol. The molecule has 86 valence electrons. The molecule has 1 atom stereocenters. The molecule has 0 aliphatic rings. The zero-order valence-electron chi connectivity index (χ0n) is 9.89. The van der Waals surface area contributed by atoms with Gasteiger partial charge in [0, 0.05) is 13.1 Å². The second kappa shape index (κ2) is 6.86. The predicted octanol–water partition coefficient (Wildman–Crippen LogP) is 2.16. The summed E-state index contributed by atoms with van der Waals surface area (Å²) < 4.78 is 5.57. The topological polar surface area (TPSA) is 36.3 Å². The summed E-state index contributed by atoms with van der Waals surface area (Å²) in [6.45, 7) is 4.20. The Morgan fingerprint density at radius 3 is 2.69 bits per heavy atom. The Labute approximate surface area is 97.3 Å². The molecule has 1 aromatic rings. The van der Waals surface area contributed by atoms with Crippen molar-refractivity contribution >= 4 is 0 Å². The third kappa shape index (κ3) is 4.81. The zero-order valence-corrected chi connectivity index (χ0v) is 9.89. The summed E-state index contributed by atoms with van der Waals surface area (Å²) in [5.41, 5.74) is 0. The Bertz CT molecular complexity index is 332. The quantitative estimate of drug-likeness (QED) is 0.734. The first kappa shape index (κ1) is 12.5. The molecule has 0 aliphatic carbocycles. The normalized spacial score (nSPS) is 12.1. The SMILES string of the molecule is CC(C#N)CN(C)CCOc1ccccc1. The number of nitrogens with zero attached hydrogens (tertiary/aromatic N) is 2. The Hall–Kier alpha value is -1.53. The fourth-order valence-electron chi connectivity index (χ4n) is 1.44. The first-order chi connectivity index (χ1) is 7.72. The molecule has 16 heavy (non-hydrogen) atoms. The number of hydrogen-bond acceptors (Lipinski definition) is 3. The molecule has 0 amide bonds. The molecule has 0 spiro atoms. The smallest absolute Gasteiger partial charge is 0.119 e. The number of likely N-dealkylation sites (N-methyl/N-ethyl adjacent to an activating group) is 1. The minimum atomic E-state index is 0.0710. The second-order valence-electron chi connectivity index (χ2n) is 3.95. The lowest BCUT2D eigenvalue weighted by molar-refractivity contribution is 0.228. The van der Waals surface area contributed by atoms with Crippen LogP contribution in [0.5, 0.6) is 5.75 Å². The Morgan fingerprint density at radius 1 is 1.38 bits per heavy atom. The van der Waals surface area contributed by atoms with Gasteiger partial charge in [-0.3, -0.25) is 0 Å². The molecule has 0 aromatic heterocycles. The average Bonchev–Trinajstić information content (AvgIpc) is 2.30. The lowest BCUT2D eigenvalue weighted by atomic mass is 10.2. The molecule has 0 saturated heterocycles. The van der Waals surface area contributed by atoms with Crippen molar-refractivity contribution in [1.29, 1.82) is 5.26 Å². The summed E-state index contributed by atoms with van der Waals surface area (Å²) in [5.74, 6) is 0.964. The summed E-state index contributed by atoms with van der Waals surface area (Å²) in [7, 11) is 2.00. The molecule has 0 radical (unpaired) electrons. The summed E-state index contributed by atoms with van der Waals surface area (Å²) in [6.07, 6.45) is 0. The molecule has 1 rings (SSSR count). The first-order valence-electron chi connectivity index (χ1n) is 5.48. The van der Waals surface area contributed by atoms with E-state index in [2.05, 4.69) is 11.0 Å². The molecule has 3 nitrogen and oxygen atoms in total. The van der Waals surface area contributed by atoms with Crippen LogP contribution < -0.4 is 4.74 Å². The molecule has 0 N–H and O–H groups in total. The van der Waals surface area contributed by atoms with Gasteiger partial charge in [0.2, 0.25) is 0 Å². The minimum Gasteiger partial charge on any atom is -0.492 e. The number of nitriles is 1. The Morgan fingerprint density at radius 2 is 2.06 bits per heavy atom. The van der Waals surface area contributed by atoms with Gasteiger partial charge in [0.1, 0.15) is 12.4 Å². The van der Waals surface area contributed by atoms with Gasteiger partial charge in [-0.05, 0) is 26.1 Å². The molecule has 0 saturated carbocycles. The van der Waals surface area contributed by atoms with Crippen molar-refractivity contribution in [1.82, 2.24) is 4.90 Å². The minimum absolute atomic E-state index is 0.0710. The third-order valence-corrected chi connectivity index (χ3v) is 2.29. The summed E-state index contributed by atoms with van der Waals surface area (Å²) in [5, 5.41) is 8.68. The summed E-state index contributed by atoms with van der Waals surface area (Å²) in [6, 6.07) is 12.0. The molecule has 3 heteroatoms. The van der Waals surface area contributed by atoms with Crippen LogP contribution in [0.3, 0.4) is 0 Å². The highest BCUT2D eigenvalue weighted by Crippen LogP contribution is 2.07. The van der Waals surface area contributed by atoms with Crippen molar-refractivity contribution in [2.75, 3.05) is 26.7 Å². The summed E-state index contributed by atoms with van der Waals surface area (Å²) in [4.78, 5) is 2.11. The number of benzene rings is 1. The molecule has 1 aromatic carbocycles. The van der Waals surface area contributed by atoms with E-state index < -0.39 is 0 Å². The van der Waals surface area contributed by atoms with Crippen molar-refractivity contribution in [2.24, 2.45) is 5.92 Å². The Kier molecular flexibility index (Phi) is 5.38. The van der Waals surface area contributed by atoms with Gasteiger partial charge < -0.3 is 9.64 Å². The van der Waals surface area contributed by atoms with Gasteiger partial charge in [0.15, 0.2) is 0 Å². The van der Waals surface area contributed by atoms with E-state index in [9.17, 15) is 0 Å². The number of para-hydroxylation sites is 1.